The number of hydrogen-bond acceptors (Lipinski definition) is 6. The number of aliphatic hydroxyl groups is 1. The molecule has 2 aromatic carbocycles. The number of hydrazone groups is 1. The fourth-order valence-electron chi connectivity index (χ4n) is 2.96. The second-order valence-corrected chi connectivity index (χ2v) is 6.16. The molecular weight excluding hydrogens is 346 g/mol. The van der Waals surface area contributed by atoms with Crippen molar-refractivity contribution in [1.82, 2.24) is 5.01 Å². The lowest BCUT2D eigenvalue weighted by atomic mass is 9.97. The predicted molar refractivity (Wildman–Crippen MR) is 98.1 cm³/mol. The van der Waals surface area contributed by atoms with Crippen LogP contribution in [0.1, 0.15) is 24.5 Å². The second kappa shape index (κ2) is 7.48. The highest BCUT2D eigenvalue weighted by atomic mass is 16.5. The highest BCUT2D eigenvalue weighted by molar-refractivity contribution is 5.89. The number of carbonyl (C=O) groups is 1. The van der Waals surface area contributed by atoms with Gasteiger partial charge >= 0.3 is 0 Å². The molecule has 1 N–H and O–H groups in total. The average Bonchev–Trinajstić information content (AvgIpc) is 3.02. The third kappa shape index (κ3) is 3.61. The van der Waals surface area contributed by atoms with Crippen LogP contribution in [0.5, 0.6) is 11.5 Å². The van der Waals surface area contributed by atoms with E-state index in [4.69, 9.17) is 14.7 Å². The average molecular weight is 365 g/mol. The van der Waals surface area contributed by atoms with Gasteiger partial charge in [0.1, 0.15) is 17.6 Å². The van der Waals surface area contributed by atoms with Gasteiger partial charge in [0.25, 0.3) is 5.91 Å². The highest BCUT2D eigenvalue weighted by Gasteiger charge is 2.45. The molecule has 1 atom stereocenters. The predicted octanol–water partition coefficient (Wildman–Crippen LogP) is 2.40. The molecule has 7 heteroatoms. The van der Waals surface area contributed by atoms with Crippen LogP contribution in [-0.2, 0) is 10.5 Å². The summed E-state index contributed by atoms with van der Waals surface area (Å²) >= 11 is 0. The minimum atomic E-state index is -1.62. The number of nitrogens with zero attached hydrogens (tertiary/aromatic N) is 3. The second-order valence-electron chi connectivity index (χ2n) is 6.16. The first kappa shape index (κ1) is 18.4. The van der Waals surface area contributed by atoms with Gasteiger partial charge in [-0.2, -0.15) is 15.4 Å². The van der Waals surface area contributed by atoms with Crippen LogP contribution in [0.15, 0.2) is 53.6 Å². The maximum atomic E-state index is 12.7. The fourth-order valence-corrected chi connectivity index (χ4v) is 2.96. The van der Waals surface area contributed by atoms with Crippen molar-refractivity contribution in [2.75, 3.05) is 13.7 Å². The summed E-state index contributed by atoms with van der Waals surface area (Å²) in [6, 6.07) is 15.5. The number of methoxy groups -OCH3 is 1. The Bertz CT molecular complexity index is 935. The van der Waals surface area contributed by atoms with Crippen LogP contribution in [0.2, 0.25) is 0 Å². The number of nitriles is 1. The van der Waals surface area contributed by atoms with E-state index in [-0.39, 0.29) is 13.0 Å². The van der Waals surface area contributed by atoms with Crippen LogP contribution in [0, 0.1) is 11.3 Å². The summed E-state index contributed by atoms with van der Waals surface area (Å²) in [6.45, 7) is 1.38. The fraction of sp³-hybridized carbons (Fsp3) is 0.250. The van der Waals surface area contributed by atoms with E-state index in [1.165, 1.54) is 7.11 Å². The Morgan fingerprint density at radius 2 is 2.11 bits per heavy atom. The summed E-state index contributed by atoms with van der Waals surface area (Å²) in [4.78, 5) is 12.7. The molecule has 0 saturated carbocycles. The molecule has 1 amide bonds. The Kier molecular flexibility index (Phi) is 5.10. The zero-order valence-corrected chi connectivity index (χ0v) is 15.0. The van der Waals surface area contributed by atoms with E-state index in [0.29, 0.717) is 28.3 Å². The van der Waals surface area contributed by atoms with E-state index in [1.807, 2.05) is 6.07 Å². The number of benzene rings is 2. The molecule has 1 aliphatic heterocycles. The Hall–Kier alpha value is -3.37. The number of ether oxygens (including phenoxy) is 2. The minimum absolute atomic E-state index is 0.181. The van der Waals surface area contributed by atoms with Gasteiger partial charge in [0.15, 0.2) is 12.3 Å². The molecule has 2 aromatic rings. The number of hydrogen-bond donors (Lipinski definition) is 1. The molecule has 0 spiro atoms. The molecule has 3 rings (SSSR count). The van der Waals surface area contributed by atoms with Crippen LogP contribution in [0.25, 0.3) is 0 Å². The molecule has 0 fully saturated rings. The standard InChI is InChI=1S/C20H19N3O4/c1-14-11-20(25,16-7-5-8-17(10-16)26-2)23(22-14)19(24)13-27-18-9-4-3-6-15(18)12-21/h3-10,25H,11,13H2,1-2H3/t20-/m0/s1. The summed E-state index contributed by atoms with van der Waals surface area (Å²) in [5, 5.41) is 25.5. The summed E-state index contributed by atoms with van der Waals surface area (Å²) in [5.74, 6) is 0.347. The van der Waals surface area contributed by atoms with E-state index in [1.54, 1.807) is 55.5 Å². The Balaban J connectivity index is 1.82. The Labute approximate surface area is 157 Å². The summed E-state index contributed by atoms with van der Waals surface area (Å²) in [5.41, 5.74) is -0.179. The Morgan fingerprint density at radius 1 is 1.33 bits per heavy atom. The molecule has 7 nitrogen and oxygen atoms in total. The zero-order chi connectivity index (χ0) is 19.4. The minimum Gasteiger partial charge on any atom is -0.497 e. The number of carbonyl (C=O) groups excluding carboxylic acids is 1. The van der Waals surface area contributed by atoms with Crippen molar-refractivity contribution >= 4 is 11.6 Å². The lowest BCUT2D eigenvalue weighted by molar-refractivity contribution is -0.159. The van der Waals surface area contributed by atoms with Gasteiger partial charge in [-0.25, -0.2) is 0 Å². The monoisotopic (exact) mass is 365 g/mol. The number of rotatable bonds is 5. The first-order valence-electron chi connectivity index (χ1n) is 8.34. The first-order chi connectivity index (χ1) is 13.0. The van der Waals surface area contributed by atoms with Crippen LogP contribution in [-0.4, -0.2) is 35.5 Å². The molecule has 27 heavy (non-hydrogen) atoms. The largest absolute Gasteiger partial charge is 0.497 e. The van der Waals surface area contributed by atoms with E-state index >= 15 is 0 Å². The molecule has 0 bridgehead atoms. The van der Waals surface area contributed by atoms with Crippen molar-refractivity contribution in [3.05, 3.63) is 59.7 Å². The van der Waals surface area contributed by atoms with Gasteiger partial charge in [-0.1, -0.05) is 24.3 Å². The van der Waals surface area contributed by atoms with Gasteiger partial charge in [0.05, 0.1) is 12.7 Å². The normalized spacial score (nSPS) is 18.6. The third-order valence-corrected chi connectivity index (χ3v) is 4.25. The summed E-state index contributed by atoms with van der Waals surface area (Å²) in [7, 11) is 1.53. The summed E-state index contributed by atoms with van der Waals surface area (Å²) < 4.78 is 10.7. The van der Waals surface area contributed by atoms with Gasteiger partial charge in [-0.05, 0) is 31.2 Å². The van der Waals surface area contributed by atoms with Crippen LogP contribution in [0.4, 0.5) is 0 Å². The SMILES string of the molecule is COc1cccc([C@@]2(O)CC(C)=NN2C(=O)COc2ccccc2C#N)c1. The molecule has 0 unspecified atom stereocenters. The van der Waals surface area contributed by atoms with E-state index < -0.39 is 11.6 Å². The van der Waals surface area contributed by atoms with E-state index in [0.717, 1.165) is 5.01 Å². The zero-order valence-electron chi connectivity index (χ0n) is 15.0. The molecule has 0 aromatic heterocycles. The van der Waals surface area contributed by atoms with Gasteiger partial charge in [-0.15, -0.1) is 0 Å². The molecule has 1 heterocycles. The molecule has 0 aliphatic carbocycles. The van der Waals surface area contributed by atoms with Crippen molar-refractivity contribution in [3.63, 3.8) is 0 Å². The van der Waals surface area contributed by atoms with Crippen molar-refractivity contribution in [3.8, 4) is 17.6 Å². The number of para-hydroxylation sites is 1. The van der Waals surface area contributed by atoms with Crippen molar-refractivity contribution in [2.24, 2.45) is 5.10 Å². The van der Waals surface area contributed by atoms with Gasteiger partial charge in [0.2, 0.25) is 0 Å². The highest BCUT2D eigenvalue weighted by Crippen LogP contribution is 2.36. The van der Waals surface area contributed by atoms with Crippen molar-refractivity contribution in [1.29, 1.82) is 5.26 Å². The molecule has 138 valence electrons. The van der Waals surface area contributed by atoms with Gasteiger partial charge in [-0.3, -0.25) is 4.79 Å². The van der Waals surface area contributed by atoms with Crippen molar-refractivity contribution < 1.29 is 19.4 Å². The third-order valence-electron chi connectivity index (χ3n) is 4.25. The van der Waals surface area contributed by atoms with Gasteiger partial charge < -0.3 is 14.6 Å². The molecular formula is C20H19N3O4. The maximum absolute atomic E-state index is 12.7. The quantitative estimate of drug-likeness (QED) is 0.878. The smallest absolute Gasteiger partial charge is 0.283 e. The van der Waals surface area contributed by atoms with Gasteiger partial charge in [0, 0.05) is 17.7 Å². The topological polar surface area (TPSA) is 95.2 Å². The molecule has 0 radical (unpaired) electrons. The summed E-state index contributed by atoms with van der Waals surface area (Å²) in [6.07, 6.45) is 0.181. The lowest BCUT2D eigenvalue weighted by Gasteiger charge is -2.31. The van der Waals surface area contributed by atoms with Crippen molar-refractivity contribution in [2.45, 2.75) is 19.1 Å². The molecule has 0 saturated heterocycles. The number of amides is 1. The maximum Gasteiger partial charge on any atom is 0.283 e. The van der Waals surface area contributed by atoms with E-state index in [2.05, 4.69) is 5.10 Å². The Morgan fingerprint density at radius 3 is 2.85 bits per heavy atom. The lowest BCUT2D eigenvalue weighted by Crippen LogP contribution is -2.45. The van der Waals surface area contributed by atoms with Crippen LogP contribution < -0.4 is 9.47 Å². The van der Waals surface area contributed by atoms with Crippen LogP contribution in [0.3, 0.4) is 0 Å². The molecule has 1 aliphatic rings. The first-order valence-corrected chi connectivity index (χ1v) is 8.34. The van der Waals surface area contributed by atoms with E-state index in [9.17, 15) is 9.90 Å². The van der Waals surface area contributed by atoms with Crippen LogP contribution >= 0.6 is 0 Å².